The van der Waals surface area contributed by atoms with Gasteiger partial charge in [-0.3, -0.25) is 0 Å². The fourth-order valence-electron chi connectivity index (χ4n) is 0.805. The molecule has 0 amide bonds. The number of carbonyl (C=O) groups is 2. The third-order valence-corrected chi connectivity index (χ3v) is 1.58. The fraction of sp³-hybridized carbons (Fsp3) is 0.600. The molecule has 0 radical (unpaired) electrons. The van der Waals surface area contributed by atoms with Crippen LogP contribution in [0.25, 0.3) is 0 Å². The number of carboxylic acids is 1. The van der Waals surface area contributed by atoms with Crippen LogP contribution >= 0.6 is 0 Å². The Balaban J connectivity index is 4.64. The molecule has 0 fully saturated rings. The number of ether oxygens (including phenoxy) is 1. The summed E-state index contributed by atoms with van der Waals surface area (Å²) in [5.41, 5.74) is -0.433. The van der Waals surface area contributed by atoms with Crippen molar-refractivity contribution in [2.45, 2.75) is 33.8 Å². The lowest BCUT2D eigenvalue weighted by atomic mass is 9.89. The highest BCUT2D eigenvalue weighted by atomic mass is 16.6. The molecule has 0 aliphatic rings. The van der Waals surface area contributed by atoms with Crippen LogP contribution in [0.2, 0.25) is 0 Å². The molecule has 0 aliphatic heterocycles. The zero-order chi connectivity index (χ0) is 11.5. The van der Waals surface area contributed by atoms with E-state index in [9.17, 15) is 9.59 Å². The van der Waals surface area contributed by atoms with Crippen molar-refractivity contribution in [3.8, 4) is 0 Å². The second-order valence-corrected chi connectivity index (χ2v) is 4.27. The SMILES string of the molecule is C=C(C)C(=O)OC(C(=O)O)C(C)(C)C. The van der Waals surface area contributed by atoms with Gasteiger partial charge in [-0.25, -0.2) is 9.59 Å². The van der Waals surface area contributed by atoms with E-state index in [4.69, 9.17) is 9.84 Å². The molecule has 0 rings (SSSR count). The molecule has 14 heavy (non-hydrogen) atoms. The Labute approximate surface area is 83.6 Å². The lowest BCUT2D eigenvalue weighted by molar-refractivity contribution is -0.168. The summed E-state index contributed by atoms with van der Waals surface area (Å²) in [5, 5.41) is 8.83. The van der Waals surface area contributed by atoms with Gasteiger partial charge in [0.1, 0.15) is 0 Å². The topological polar surface area (TPSA) is 63.6 Å². The first kappa shape index (κ1) is 12.7. The number of carboxylic acid groups (broad SMARTS) is 1. The van der Waals surface area contributed by atoms with Crippen LogP contribution in [0.4, 0.5) is 0 Å². The highest BCUT2D eigenvalue weighted by Crippen LogP contribution is 2.23. The van der Waals surface area contributed by atoms with Crippen LogP contribution in [0.5, 0.6) is 0 Å². The minimum atomic E-state index is -1.15. The van der Waals surface area contributed by atoms with Crippen molar-refractivity contribution in [2.24, 2.45) is 5.41 Å². The molecule has 0 heterocycles. The lowest BCUT2D eigenvalue weighted by Crippen LogP contribution is -2.38. The van der Waals surface area contributed by atoms with Gasteiger partial charge in [0.25, 0.3) is 0 Å². The van der Waals surface area contributed by atoms with Crippen molar-refractivity contribution in [3.63, 3.8) is 0 Å². The molecular formula is C10H16O4. The summed E-state index contributed by atoms with van der Waals surface area (Å²) >= 11 is 0. The number of hydrogen-bond acceptors (Lipinski definition) is 3. The summed E-state index contributed by atoms with van der Waals surface area (Å²) in [4.78, 5) is 21.9. The largest absolute Gasteiger partial charge is 0.478 e. The first-order valence-electron chi connectivity index (χ1n) is 4.25. The van der Waals surface area contributed by atoms with Gasteiger partial charge in [-0.1, -0.05) is 27.4 Å². The monoisotopic (exact) mass is 200 g/mol. The minimum absolute atomic E-state index is 0.195. The van der Waals surface area contributed by atoms with Gasteiger partial charge in [0.15, 0.2) is 0 Å². The average molecular weight is 200 g/mol. The van der Waals surface area contributed by atoms with Gasteiger partial charge in [-0.15, -0.1) is 0 Å². The zero-order valence-corrected chi connectivity index (χ0v) is 8.96. The van der Waals surface area contributed by atoms with E-state index >= 15 is 0 Å². The summed E-state index contributed by atoms with van der Waals surface area (Å²) in [6, 6.07) is 0. The summed E-state index contributed by atoms with van der Waals surface area (Å²) in [7, 11) is 0. The summed E-state index contributed by atoms with van der Waals surface area (Å²) in [6.45, 7) is 9.93. The molecule has 1 N–H and O–H groups in total. The van der Waals surface area contributed by atoms with E-state index in [1.54, 1.807) is 20.8 Å². The van der Waals surface area contributed by atoms with Gasteiger partial charge < -0.3 is 9.84 Å². The molecule has 4 nitrogen and oxygen atoms in total. The Kier molecular flexibility index (Phi) is 3.86. The highest BCUT2D eigenvalue weighted by molar-refractivity contribution is 5.89. The molecule has 0 aromatic heterocycles. The summed E-state index contributed by atoms with van der Waals surface area (Å²) < 4.78 is 4.80. The van der Waals surface area contributed by atoms with E-state index in [1.165, 1.54) is 6.92 Å². The standard InChI is InChI=1S/C10H16O4/c1-6(2)9(13)14-7(8(11)12)10(3,4)5/h7H,1H2,2-5H3,(H,11,12). The first-order chi connectivity index (χ1) is 6.16. The van der Waals surface area contributed by atoms with Gasteiger partial charge in [0.05, 0.1) is 0 Å². The molecule has 0 bridgehead atoms. The van der Waals surface area contributed by atoms with Gasteiger partial charge in [0, 0.05) is 11.0 Å². The van der Waals surface area contributed by atoms with Gasteiger partial charge >= 0.3 is 11.9 Å². The maximum absolute atomic E-state index is 11.1. The number of carbonyl (C=O) groups excluding carboxylic acids is 1. The van der Waals surface area contributed by atoms with E-state index in [0.717, 1.165) is 0 Å². The van der Waals surface area contributed by atoms with Crippen molar-refractivity contribution in [3.05, 3.63) is 12.2 Å². The average Bonchev–Trinajstić information content (AvgIpc) is 1.96. The van der Waals surface area contributed by atoms with E-state index in [2.05, 4.69) is 6.58 Å². The second-order valence-electron chi connectivity index (χ2n) is 4.27. The van der Waals surface area contributed by atoms with Crippen LogP contribution < -0.4 is 0 Å². The van der Waals surface area contributed by atoms with Crippen LogP contribution in [-0.2, 0) is 14.3 Å². The molecule has 0 spiro atoms. The van der Waals surface area contributed by atoms with E-state index in [-0.39, 0.29) is 5.57 Å². The Morgan fingerprint density at radius 1 is 1.36 bits per heavy atom. The van der Waals surface area contributed by atoms with E-state index in [1.807, 2.05) is 0 Å². The molecule has 1 unspecified atom stereocenters. The molecule has 0 saturated carbocycles. The maximum atomic E-state index is 11.1. The van der Waals surface area contributed by atoms with Crippen LogP contribution in [0.3, 0.4) is 0 Å². The quantitative estimate of drug-likeness (QED) is 0.555. The molecule has 0 aromatic carbocycles. The minimum Gasteiger partial charge on any atom is -0.478 e. The predicted octanol–water partition coefficient (Wildman–Crippen LogP) is 1.60. The number of esters is 1. The maximum Gasteiger partial charge on any atom is 0.345 e. The number of rotatable bonds is 3. The van der Waals surface area contributed by atoms with Gasteiger partial charge in [-0.05, 0) is 6.92 Å². The predicted molar refractivity (Wildman–Crippen MR) is 51.8 cm³/mol. The Morgan fingerprint density at radius 2 is 1.79 bits per heavy atom. The lowest BCUT2D eigenvalue weighted by Gasteiger charge is -2.26. The first-order valence-corrected chi connectivity index (χ1v) is 4.25. The third kappa shape index (κ3) is 3.60. The Morgan fingerprint density at radius 3 is 2.00 bits per heavy atom. The van der Waals surface area contributed by atoms with Crippen molar-refractivity contribution < 1.29 is 19.4 Å². The Hall–Kier alpha value is -1.32. The number of hydrogen-bond donors (Lipinski definition) is 1. The molecule has 1 atom stereocenters. The third-order valence-electron chi connectivity index (χ3n) is 1.58. The summed E-state index contributed by atoms with van der Waals surface area (Å²) in [6.07, 6.45) is -1.15. The van der Waals surface area contributed by atoms with Gasteiger partial charge in [0.2, 0.25) is 6.10 Å². The highest BCUT2D eigenvalue weighted by Gasteiger charge is 2.34. The molecule has 0 saturated heterocycles. The second kappa shape index (κ2) is 4.26. The summed E-state index contributed by atoms with van der Waals surface area (Å²) in [5.74, 6) is -1.82. The normalized spacial score (nSPS) is 13.1. The molecule has 0 aliphatic carbocycles. The molecule has 4 heteroatoms. The zero-order valence-electron chi connectivity index (χ0n) is 8.96. The van der Waals surface area contributed by atoms with E-state index < -0.39 is 23.5 Å². The Bertz CT molecular complexity index is 260. The van der Waals surface area contributed by atoms with Gasteiger partial charge in [-0.2, -0.15) is 0 Å². The van der Waals surface area contributed by atoms with Crippen LogP contribution in [0.15, 0.2) is 12.2 Å². The van der Waals surface area contributed by atoms with Crippen molar-refractivity contribution in [1.82, 2.24) is 0 Å². The number of aliphatic carboxylic acids is 1. The molecular weight excluding hydrogens is 184 g/mol. The van der Waals surface area contributed by atoms with Crippen LogP contribution in [0, 0.1) is 5.41 Å². The van der Waals surface area contributed by atoms with Crippen molar-refractivity contribution in [2.75, 3.05) is 0 Å². The van der Waals surface area contributed by atoms with Crippen LogP contribution in [0.1, 0.15) is 27.7 Å². The van der Waals surface area contributed by atoms with E-state index in [0.29, 0.717) is 0 Å². The van der Waals surface area contributed by atoms with Crippen molar-refractivity contribution in [1.29, 1.82) is 0 Å². The molecule has 80 valence electrons. The fourth-order valence-corrected chi connectivity index (χ4v) is 0.805. The van der Waals surface area contributed by atoms with Crippen molar-refractivity contribution >= 4 is 11.9 Å². The van der Waals surface area contributed by atoms with Crippen LogP contribution in [-0.4, -0.2) is 23.1 Å². The smallest absolute Gasteiger partial charge is 0.345 e. The molecule has 0 aromatic rings.